The van der Waals surface area contributed by atoms with Crippen LogP contribution in [0.25, 0.3) is 0 Å². The zero-order valence-corrected chi connectivity index (χ0v) is 14.6. The SMILES string of the molecule is CCOC(CCNC(=NC)NC(C)c1ccccc1)C(C)C. The molecule has 1 rings (SSSR count). The van der Waals surface area contributed by atoms with Crippen molar-refractivity contribution in [2.75, 3.05) is 20.2 Å². The first-order valence-electron chi connectivity index (χ1n) is 8.22. The maximum Gasteiger partial charge on any atom is 0.191 e. The topological polar surface area (TPSA) is 45.6 Å². The van der Waals surface area contributed by atoms with Crippen LogP contribution in [0.1, 0.15) is 45.7 Å². The Morgan fingerprint density at radius 2 is 1.86 bits per heavy atom. The Morgan fingerprint density at radius 1 is 1.18 bits per heavy atom. The van der Waals surface area contributed by atoms with Gasteiger partial charge in [-0.25, -0.2) is 0 Å². The lowest BCUT2D eigenvalue weighted by Crippen LogP contribution is -2.40. The Labute approximate surface area is 135 Å². The van der Waals surface area contributed by atoms with Crippen LogP contribution in [0.2, 0.25) is 0 Å². The predicted octanol–water partition coefficient (Wildman–Crippen LogP) is 3.36. The molecule has 2 N–H and O–H groups in total. The van der Waals surface area contributed by atoms with Crippen molar-refractivity contribution in [1.29, 1.82) is 0 Å². The second kappa shape index (κ2) is 10.2. The van der Waals surface area contributed by atoms with Crippen LogP contribution < -0.4 is 10.6 Å². The zero-order valence-electron chi connectivity index (χ0n) is 14.6. The summed E-state index contributed by atoms with van der Waals surface area (Å²) in [5.41, 5.74) is 1.25. The summed E-state index contributed by atoms with van der Waals surface area (Å²) in [5.74, 6) is 1.36. The average Bonchev–Trinajstić information content (AvgIpc) is 2.53. The molecule has 1 aromatic rings. The second-order valence-electron chi connectivity index (χ2n) is 5.80. The highest BCUT2D eigenvalue weighted by Crippen LogP contribution is 2.11. The van der Waals surface area contributed by atoms with Crippen LogP contribution in [0, 0.1) is 5.92 Å². The Morgan fingerprint density at radius 3 is 2.41 bits per heavy atom. The van der Waals surface area contributed by atoms with Crippen LogP contribution >= 0.6 is 0 Å². The van der Waals surface area contributed by atoms with E-state index < -0.39 is 0 Å². The molecule has 0 aromatic heterocycles. The molecular weight excluding hydrogens is 274 g/mol. The maximum atomic E-state index is 5.77. The molecule has 2 unspecified atom stereocenters. The maximum absolute atomic E-state index is 5.77. The van der Waals surface area contributed by atoms with E-state index in [1.54, 1.807) is 7.05 Å². The van der Waals surface area contributed by atoms with Crippen molar-refractivity contribution in [2.45, 2.75) is 46.3 Å². The third-order valence-corrected chi connectivity index (χ3v) is 3.72. The lowest BCUT2D eigenvalue weighted by Gasteiger charge is -2.22. The smallest absolute Gasteiger partial charge is 0.191 e. The van der Waals surface area contributed by atoms with E-state index in [0.29, 0.717) is 12.0 Å². The molecule has 0 saturated carbocycles. The summed E-state index contributed by atoms with van der Waals surface area (Å²) in [6.45, 7) is 10.2. The molecule has 0 saturated heterocycles. The molecule has 0 radical (unpaired) electrons. The van der Waals surface area contributed by atoms with E-state index in [-0.39, 0.29) is 6.04 Å². The number of guanidine groups is 1. The van der Waals surface area contributed by atoms with Crippen molar-refractivity contribution in [3.05, 3.63) is 35.9 Å². The van der Waals surface area contributed by atoms with Crippen molar-refractivity contribution in [3.63, 3.8) is 0 Å². The molecule has 0 aliphatic heterocycles. The summed E-state index contributed by atoms with van der Waals surface area (Å²) in [5, 5.41) is 6.79. The molecule has 2 atom stereocenters. The van der Waals surface area contributed by atoms with E-state index in [4.69, 9.17) is 4.74 Å². The first-order valence-corrected chi connectivity index (χ1v) is 8.22. The van der Waals surface area contributed by atoms with Crippen molar-refractivity contribution in [3.8, 4) is 0 Å². The van der Waals surface area contributed by atoms with Gasteiger partial charge in [-0.15, -0.1) is 0 Å². The van der Waals surface area contributed by atoms with Gasteiger partial charge < -0.3 is 15.4 Å². The fourth-order valence-electron chi connectivity index (χ4n) is 2.38. The number of nitrogens with zero attached hydrogens (tertiary/aromatic N) is 1. The lowest BCUT2D eigenvalue weighted by molar-refractivity contribution is 0.0258. The summed E-state index contributed by atoms with van der Waals surface area (Å²) >= 11 is 0. The van der Waals surface area contributed by atoms with Crippen molar-refractivity contribution in [1.82, 2.24) is 10.6 Å². The van der Waals surface area contributed by atoms with Gasteiger partial charge in [-0.05, 0) is 31.7 Å². The third-order valence-electron chi connectivity index (χ3n) is 3.72. The molecule has 0 amide bonds. The number of hydrogen-bond acceptors (Lipinski definition) is 2. The van der Waals surface area contributed by atoms with Gasteiger partial charge in [0.15, 0.2) is 5.96 Å². The normalized spacial score (nSPS) is 14.7. The van der Waals surface area contributed by atoms with E-state index in [0.717, 1.165) is 25.5 Å². The predicted molar refractivity (Wildman–Crippen MR) is 94.2 cm³/mol. The molecule has 0 spiro atoms. The van der Waals surface area contributed by atoms with Crippen LogP contribution in [0.5, 0.6) is 0 Å². The van der Waals surface area contributed by atoms with Gasteiger partial charge in [0, 0.05) is 20.2 Å². The Hall–Kier alpha value is -1.55. The highest BCUT2D eigenvalue weighted by Gasteiger charge is 2.13. The largest absolute Gasteiger partial charge is 0.378 e. The quantitative estimate of drug-likeness (QED) is 0.572. The fraction of sp³-hybridized carbons (Fsp3) is 0.611. The second-order valence-corrected chi connectivity index (χ2v) is 5.80. The molecule has 4 heteroatoms. The average molecular weight is 305 g/mol. The van der Waals surface area contributed by atoms with Gasteiger partial charge in [0.25, 0.3) is 0 Å². The third kappa shape index (κ3) is 6.48. The summed E-state index contributed by atoms with van der Waals surface area (Å²) in [6, 6.07) is 10.6. The van der Waals surface area contributed by atoms with E-state index in [1.807, 2.05) is 13.0 Å². The van der Waals surface area contributed by atoms with Gasteiger partial charge in [0.2, 0.25) is 0 Å². The van der Waals surface area contributed by atoms with Gasteiger partial charge in [0.05, 0.1) is 12.1 Å². The molecule has 0 heterocycles. The Kier molecular flexibility index (Phi) is 8.60. The highest BCUT2D eigenvalue weighted by molar-refractivity contribution is 5.80. The minimum absolute atomic E-state index is 0.222. The van der Waals surface area contributed by atoms with E-state index >= 15 is 0 Å². The van der Waals surface area contributed by atoms with E-state index in [9.17, 15) is 0 Å². The summed E-state index contributed by atoms with van der Waals surface area (Å²) in [7, 11) is 1.80. The minimum atomic E-state index is 0.222. The number of ether oxygens (including phenoxy) is 1. The molecular formula is C18H31N3O. The number of nitrogens with one attached hydrogen (secondary N) is 2. The molecule has 0 fully saturated rings. The zero-order chi connectivity index (χ0) is 16.4. The number of aliphatic imine (C=N–C) groups is 1. The molecule has 4 nitrogen and oxygen atoms in total. The highest BCUT2D eigenvalue weighted by atomic mass is 16.5. The van der Waals surface area contributed by atoms with Gasteiger partial charge in [-0.2, -0.15) is 0 Å². The van der Waals surface area contributed by atoms with Crippen LogP contribution in [0.15, 0.2) is 35.3 Å². The van der Waals surface area contributed by atoms with Crippen molar-refractivity contribution in [2.24, 2.45) is 10.9 Å². The van der Waals surface area contributed by atoms with Gasteiger partial charge in [-0.1, -0.05) is 44.2 Å². The molecule has 22 heavy (non-hydrogen) atoms. The number of rotatable bonds is 8. The number of benzene rings is 1. The van der Waals surface area contributed by atoms with Gasteiger partial charge >= 0.3 is 0 Å². The van der Waals surface area contributed by atoms with E-state index in [1.165, 1.54) is 5.56 Å². The minimum Gasteiger partial charge on any atom is -0.378 e. The van der Waals surface area contributed by atoms with Crippen molar-refractivity contribution < 1.29 is 4.74 Å². The monoisotopic (exact) mass is 305 g/mol. The number of hydrogen-bond donors (Lipinski definition) is 2. The standard InChI is InChI=1S/C18H31N3O/c1-6-22-17(14(2)3)12-13-20-18(19-5)21-15(4)16-10-8-7-9-11-16/h7-11,14-15,17H,6,12-13H2,1-5H3,(H2,19,20,21). The van der Waals surface area contributed by atoms with E-state index in [2.05, 4.69) is 60.7 Å². The van der Waals surface area contributed by atoms with Gasteiger partial charge in [0.1, 0.15) is 0 Å². The fourth-order valence-corrected chi connectivity index (χ4v) is 2.38. The summed E-state index contributed by atoms with van der Waals surface area (Å²) < 4.78 is 5.77. The molecule has 1 aromatic carbocycles. The first-order chi connectivity index (χ1) is 10.6. The Bertz CT molecular complexity index is 431. The molecule has 0 aliphatic rings. The van der Waals surface area contributed by atoms with Crippen LogP contribution in [-0.2, 0) is 4.74 Å². The first kappa shape index (κ1) is 18.5. The van der Waals surface area contributed by atoms with Gasteiger partial charge in [-0.3, -0.25) is 4.99 Å². The van der Waals surface area contributed by atoms with Crippen LogP contribution in [-0.4, -0.2) is 32.3 Å². The van der Waals surface area contributed by atoms with Crippen LogP contribution in [0.4, 0.5) is 0 Å². The van der Waals surface area contributed by atoms with Crippen molar-refractivity contribution >= 4 is 5.96 Å². The summed E-state index contributed by atoms with van der Waals surface area (Å²) in [4.78, 5) is 4.29. The molecule has 0 aliphatic carbocycles. The summed E-state index contributed by atoms with van der Waals surface area (Å²) in [6.07, 6.45) is 1.27. The molecule has 0 bridgehead atoms. The Balaban J connectivity index is 2.42. The lowest BCUT2D eigenvalue weighted by atomic mass is 10.0. The van der Waals surface area contributed by atoms with Crippen LogP contribution in [0.3, 0.4) is 0 Å². The molecule has 124 valence electrons.